The average Bonchev–Trinajstić information content (AvgIpc) is 3.17. The molecule has 0 aliphatic carbocycles. The van der Waals surface area contributed by atoms with Crippen molar-refractivity contribution in [2.24, 2.45) is 0 Å². The molecule has 1 unspecified atom stereocenters. The number of benzene rings is 2. The highest BCUT2D eigenvalue weighted by molar-refractivity contribution is 5.88. The number of carbonyl (C=O) groups excluding carboxylic acids is 2. The molecule has 0 saturated heterocycles. The maximum Gasteiger partial charge on any atom is 0.416 e. The molecule has 160 valence electrons. The van der Waals surface area contributed by atoms with E-state index in [9.17, 15) is 27.9 Å². The zero-order valence-electron chi connectivity index (χ0n) is 15.7. The Kier molecular flexibility index (Phi) is 6.46. The molecule has 1 aliphatic rings. The number of hydrogen-bond acceptors (Lipinski definition) is 5. The van der Waals surface area contributed by atoms with Gasteiger partial charge in [-0.05, 0) is 35.4 Å². The second-order valence-corrected chi connectivity index (χ2v) is 6.58. The summed E-state index contributed by atoms with van der Waals surface area (Å²) in [4.78, 5) is 24.4. The first-order valence-corrected chi connectivity index (χ1v) is 8.99. The number of rotatable bonds is 7. The van der Waals surface area contributed by atoms with Crippen molar-refractivity contribution in [1.29, 1.82) is 0 Å². The maximum atomic E-state index is 12.6. The molecule has 30 heavy (non-hydrogen) atoms. The third-order valence-corrected chi connectivity index (χ3v) is 4.38. The third kappa shape index (κ3) is 5.41. The number of alkyl halides is 3. The van der Waals surface area contributed by atoms with Gasteiger partial charge >= 0.3 is 6.18 Å². The van der Waals surface area contributed by atoms with Gasteiger partial charge in [-0.15, -0.1) is 0 Å². The average molecular weight is 424 g/mol. The second kappa shape index (κ2) is 9.04. The van der Waals surface area contributed by atoms with Crippen LogP contribution in [0.2, 0.25) is 0 Å². The zero-order chi connectivity index (χ0) is 21.7. The molecule has 7 nitrogen and oxygen atoms in total. The Labute approximate surface area is 169 Å². The summed E-state index contributed by atoms with van der Waals surface area (Å²) in [5.74, 6) is -0.0441. The minimum Gasteiger partial charge on any atom is -0.454 e. The summed E-state index contributed by atoms with van der Waals surface area (Å²) in [6.45, 7) is -0.575. The van der Waals surface area contributed by atoms with E-state index in [2.05, 4.69) is 10.6 Å². The molecule has 10 heteroatoms. The quantitative estimate of drug-likeness (QED) is 0.630. The Morgan fingerprint density at radius 3 is 2.37 bits per heavy atom. The van der Waals surface area contributed by atoms with Crippen LogP contribution in [0.1, 0.15) is 16.7 Å². The summed E-state index contributed by atoms with van der Waals surface area (Å²) >= 11 is 0. The number of nitrogens with one attached hydrogen (secondary N) is 2. The van der Waals surface area contributed by atoms with Gasteiger partial charge in [-0.1, -0.05) is 18.2 Å². The lowest BCUT2D eigenvalue weighted by molar-refractivity contribution is -0.137. The van der Waals surface area contributed by atoms with Crippen molar-refractivity contribution >= 4 is 11.8 Å². The zero-order valence-corrected chi connectivity index (χ0v) is 15.7. The summed E-state index contributed by atoms with van der Waals surface area (Å²) in [5.41, 5.74) is 0.292. The number of halogens is 3. The van der Waals surface area contributed by atoms with Crippen LogP contribution in [0.15, 0.2) is 42.5 Å². The second-order valence-electron chi connectivity index (χ2n) is 6.58. The standard InChI is InChI=1S/C20H19F3N2O5/c21-20(22,23)14-4-1-12(2-5-14)9-24-19(28)15(10-26)25-18(27)8-13-3-6-16-17(7-13)30-11-29-16/h1-7,15,26H,8-11H2,(H,24,28)(H,25,27). The molecule has 0 bridgehead atoms. The number of aliphatic hydroxyl groups excluding tert-OH is 1. The Morgan fingerprint density at radius 2 is 1.70 bits per heavy atom. The van der Waals surface area contributed by atoms with Gasteiger partial charge in [0.2, 0.25) is 18.6 Å². The highest BCUT2D eigenvalue weighted by atomic mass is 19.4. The Bertz CT molecular complexity index is 916. The molecule has 2 aromatic rings. The summed E-state index contributed by atoms with van der Waals surface area (Å²) in [6, 6.07) is 8.14. The minimum atomic E-state index is -4.44. The fraction of sp³-hybridized carbons (Fsp3) is 0.300. The number of aliphatic hydroxyl groups is 1. The fourth-order valence-corrected chi connectivity index (χ4v) is 2.80. The van der Waals surface area contributed by atoms with Gasteiger partial charge in [0.15, 0.2) is 11.5 Å². The van der Waals surface area contributed by atoms with Gasteiger partial charge in [0, 0.05) is 6.54 Å². The van der Waals surface area contributed by atoms with Gasteiger partial charge in [0.1, 0.15) is 6.04 Å². The number of amides is 2. The minimum absolute atomic E-state index is 0.0423. The molecule has 0 fully saturated rings. The van der Waals surface area contributed by atoms with Crippen molar-refractivity contribution < 1.29 is 37.3 Å². The number of fused-ring (bicyclic) bond motifs is 1. The molecule has 0 aromatic heterocycles. The van der Waals surface area contributed by atoms with Crippen LogP contribution in [-0.4, -0.2) is 36.4 Å². The summed E-state index contributed by atoms with van der Waals surface area (Å²) in [6.07, 6.45) is -4.48. The van der Waals surface area contributed by atoms with Crippen molar-refractivity contribution in [3.8, 4) is 11.5 Å². The molecule has 2 amide bonds. The van der Waals surface area contributed by atoms with E-state index in [4.69, 9.17) is 9.47 Å². The highest BCUT2D eigenvalue weighted by Crippen LogP contribution is 2.32. The molecule has 0 spiro atoms. The van der Waals surface area contributed by atoms with E-state index in [0.29, 0.717) is 22.6 Å². The van der Waals surface area contributed by atoms with E-state index in [0.717, 1.165) is 12.1 Å². The molecular formula is C20H19F3N2O5. The predicted octanol–water partition coefficient (Wildman–Crippen LogP) is 1.77. The van der Waals surface area contributed by atoms with Crippen molar-refractivity contribution in [1.82, 2.24) is 10.6 Å². The van der Waals surface area contributed by atoms with Gasteiger partial charge in [-0.2, -0.15) is 13.2 Å². The molecule has 0 radical (unpaired) electrons. The van der Waals surface area contributed by atoms with Crippen molar-refractivity contribution in [3.05, 3.63) is 59.2 Å². The summed E-state index contributed by atoms with van der Waals surface area (Å²) < 4.78 is 48.2. The van der Waals surface area contributed by atoms with E-state index in [-0.39, 0.29) is 19.8 Å². The smallest absolute Gasteiger partial charge is 0.416 e. The molecule has 3 rings (SSSR count). The van der Waals surface area contributed by atoms with E-state index in [1.807, 2.05) is 0 Å². The lowest BCUT2D eigenvalue weighted by atomic mass is 10.1. The van der Waals surface area contributed by atoms with Crippen molar-refractivity contribution in [3.63, 3.8) is 0 Å². The van der Waals surface area contributed by atoms with Crippen LogP contribution in [0.25, 0.3) is 0 Å². The van der Waals surface area contributed by atoms with E-state index >= 15 is 0 Å². The first-order valence-electron chi connectivity index (χ1n) is 8.99. The van der Waals surface area contributed by atoms with Crippen LogP contribution < -0.4 is 20.1 Å². The first kappa shape index (κ1) is 21.4. The van der Waals surface area contributed by atoms with E-state index in [1.165, 1.54) is 12.1 Å². The molecular weight excluding hydrogens is 405 g/mol. The van der Waals surface area contributed by atoms with Crippen LogP contribution in [0, 0.1) is 0 Å². The van der Waals surface area contributed by atoms with Crippen LogP contribution in [0.4, 0.5) is 13.2 Å². The summed E-state index contributed by atoms with van der Waals surface area (Å²) in [5, 5.41) is 14.3. The summed E-state index contributed by atoms with van der Waals surface area (Å²) in [7, 11) is 0. The topological polar surface area (TPSA) is 96.9 Å². The lowest BCUT2D eigenvalue weighted by Gasteiger charge is -2.16. The number of hydrogen-bond donors (Lipinski definition) is 3. The molecule has 3 N–H and O–H groups in total. The van der Waals surface area contributed by atoms with Crippen LogP contribution in [-0.2, 0) is 28.7 Å². The van der Waals surface area contributed by atoms with Crippen molar-refractivity contribution in [2.45, 2.75) is 25.2 Å². The van der Waals surface area contributed by atoms with Gasteiger partial charge in [-0.3, -0.25) is 9.59 Å². The van der Waals surface area contributed by atoms with Gasteiger partial charge in [0.05, 0.1) is 18.6 Å². The normalized spacial score (nSPS) is 13.6. The lowest BCUT2D eigenvalue weighted by Crippen LogP contribution is -2.49. The maximum absolute atomic E-state index is 12.6. The molecule has 1 heterocycles. The molecule has 1 aliphatic heterocycles. The van der Waals surface area contributed by atoms with Crippen molar-refractivity contribution in [2.75, 3.05) is 13.4 Å². The highest BCUT2D eigenvalue weighted by Gasteiger charge is 2.30. The predicted molar refractivity (Wildman–Crippen MR) is 98.6 cm³/mol. The third-order valence-electron chi connectivity index (χ3n) is 4.38. The Morgan fingerprint density at radius 1 is 1.03 bits per heavy atom. The Balaban J connectivity index is 1.51. The van der Waals surface area contributed by atoms with Gasteiger partial charge in [-0.25, -0.2) is 0 Å². The molecule has 2 aromatic carbocycles. The molecule has 0 saturated carbocycles. The van der Waals surface area contributed by atoms with Crippen LogP contribution in [0.5, 0.6) is 11.5 Å². The van der Waals surface area contributed by atoms with Gasteiger partial charge < -0.3 is 25.2 Å². The Hall–Kier alpha value is -3.27. The number of carbonyl (C=O) groups is 2. The monoisotopic (exact) mass is 424 g/mol. The SMILES string of the molecule is O=C(Cc1ccc2c(c1)OCO2)NC(CO)C(=O)NCc1ccc(C(F)(F)F)cc1. The van der Waals surface area contributed by atoms with E-state index in [1.54, 1.807) is 18.2 Å². The fourth-order valence-electron chi connectivity index (χ4n) is 2.80. The van der Waals surface area contributed by atoms with E-state index < -0.39 is 36.2 Å². The van der Waals surface area contributed by atoms with Gasteiger partial charge in [0.25, 0.3) is 0 Å². The molecule has 1 atom stereocenters. The number of ether oxygens (including phenoxy) is 2. The largest absolute Gasteiger partial charge is 0.454 e. The van der Waals surface area contributed by atoms with Crippen LogP contribution >= 0.6 is 0 Å². The first-order chi connectivity index (χ1) is 14.3. The van der Waals surface area contributed by atoms with Crippen LogP contribution in [0.3, 0.4) is 0 Å².